The van der Waals surface area contributed by atoms with Crippen LogP contribution in [0, 0.1) is 0 Å². The second-order valence-corrected chi connectivity index (χ2v) is 6.85. The lowest BCUT2D eigenvalue weighted by Gasteiger charge is -2.32. The van der Waals surface area contributed by atoms with Crippen LogP contribution < -0.4 is 14.8 Å². The van der Waals surface area contributed by atoms with Gasteiger partial charge in [0.25, 0.3) is 0 Å². The number of nitrogens with zero attached hydrogens (tertiary/aromatic N) is 3. The number of carbonyl (C=O) groups excluding carboxylic acids is 1. The van der Waals surface area contributed by atoms with Crippen LogP contribution in [0.4, 0.5) is 4.79 Å². The molecular weight excluding hydrogens is 332 g/mol. The van der Waals surface area contributed by atoms with Crippen molar-refractivity contribution in [3.63, 3.8) is 0 Å². The molecule has 0 atom stereocenters. The maximum atomic E-state index is 12.2. The van der Waals surface area contributed by atoms with E-state index in [-0.39, 0.29) is 12.1 Å². The molecule has 1 aliphatic heterocycles. The van der Waals surface area contributed by atoms with Gasteiger partial charge in [-0.05, 0) is 32.8 Å². The van der Waals surface area contributed by atoms with Crippen LogP contribution in [0.2, 0.25) is 0 Å². The summed E-state index contributed by atoms with van der Waals surface area (Å²) >= 11 is 0. The van der Waals surface area contributed by atoms with Gasteiger partial charge in [0.15, 0.2) is 11.5 Å². The summed E-state index contributed by atoms with van der Waals surface area (Å²) in [5.74, 6) is 1.62. The summed E-state index contributed by atoms with van der Waals surface area (Å²) in [6, 6.07) is 3.98. The highest BCUT2D eigenvalue weighted by molar-refractivity contribution is 5.85. The number of hydrogen-bond acceptors (Lipinski definition) is 5. The topological polar surface area (TPSA) is 76.6 Å². The molecule has 0 bridgehead atoms. The number of benzene rings is 1. The van der Waals surface area contributed by atoms with E-state index in [2.05, 4.69) is 15.3 Å². The molecule has 1 fully saturated rings. The first-order valence-electron chi connectivity index (χ1n) is 8.95. The highest BCUT2D eigenvalue weighted by Crippen LogP contribution is 2.36. The molecule has 2 aromatic rings. The summed E-state index contributed by atoms with van der Waals surface area (Å²) in [6.45, 7) is 5.39. The van der Waals surface area contributed by atoms with E-state index in [0.29, 0.717) is 17.4 Å². The van der Waals surface area contributed by atoms with Crippen molar-refractivity contribution in [2.24, 2.45) is 0 Å². The summed E-state index contributed by atoms with van der Waals surface area (Å²) in [7, 11) is 3.24. The largest absolute Gasteiger partial charge is 0.493 e. The minimum atomic E-state index is 0.0115. The Morgan fingerprint density at radius 1 is 1.15 bits per heavy atom. The summed E-state index contributed by atoms with van der Waals surface area (Å²) in [5.41, 5.74) is 1.85. The third kappa shape index (κ3) is 3.66. The van der Waals surface area contributed by atoms with Crippen molar-refractivity contribution in [1.29, 1.82) is 0 Å². The molecule has 140 valence electrons. The first kappa shape index (κ1) is 18.2. The minimum Gasteiger partial charge on any atom is -0.493 e. The number of amides is 2. The molecule has 2 heterocycles. The van der Waals surface area contributed by atoms with Crippen molar-refractivity contribution in [1.82, 2.24) is 20.2 Å². The van der Waals surface area contributed by atoms with Crippen LogP contribution in [0.25, 0.3) is 10.9 Å². The Hall–Kier alpha value is -2.57. The van der Waals surface area contributed by atoms with Gasteiger partial charge in [0, 0.05) is 36.5 Å². The Morgan fingerprint density at radius 3 is 2.42 bits per heavy atom. The normalized spacial score (nSPS) is 15.3. The number of likely N-dealkylation sites (tertiary alicyclic amines) is 1. The standard InChI is InChI=1S/C19H26N4O3/c1-12(2)22-19(24)23-7-5-13(6-8-23)18-14-9-16(25-3)17(26-4)10-15(14)20-11-21-18/h9-13H,5-8H2,1-4H3,(H,22,24). The molecule has 1 aromatic carbocycles. The lowest BCUT2D eigenvalue weighted by molar-refractivity contribution is 0.178. The molecule has 0 unspecified atom stereocenters. The highest BCUT2D eigenvalue weighted by Gasteiger charge is 2.26. The highest BCUT2D eigenvalue weighted by atomic mass is 16.5. The van der Waals surface area contributed by atoms with Gasteiger partial charge in [0.2, 0.25) is 0 Å². The van der Waals surface area contributed by atoms with E-state index in [9.17, 15) is 4.79 Å². The van der Waals surface area contributed by atoms with Crippen LogP contribution >= 0.6 is 0 Å². The zero-order valence-corrected chi connectivity index (χ0v) is 15.8. The Bertz CT molecular complexity index is 786. The quantitative estimate of drug-likeness (QED) is 0.909. The van der Waals surface area contributed by atoms with E-state index in [1.54, 1.807) is 20.5 Å². The molecule has 1 N–H and O–H groups in total. The maximum Gasteiger partial charge on any atom is 0.317 e. The SMILES string of the molecule is COc1cc2ncnc(C3CCN(C(=O)NC(C)C)CC3)c2cc1OC. The predicted molar refractivity (Wildman–Crippen MR) is 99.9 cm³/mol. The molecule has 0 saturated carbocycles. The maximum absolute atomic E-state index is 12.2. The molecule has 1 aromatic heterocycles. The average molecular weight is 358 g/mol. The van der Waals surface area contributed by atoms with Crippen LogP contribution in [-0.4, -0.2) is 54.2 Å². The number of urea groups is 1. The number of hydrogen-bond donors (Lipinski definition) is 1. The van der Waals surface area contributed by atoms with Crippen LogP contribution in [-0.2, 0) is 0 Å². The van der Waals surface area contributed by atoms with Crippen molar-refractivity contribution < 1.29 is 14.3 Å². The molecule has 1 saturated heterocycles. The third-order valence-electron chi connectivity index (χ3n) is 4.75. The van der Waals surface area contributed by atoms with Gasteiger partial charge in [-0.1, -0.05) is 0 Å². The second kappa shape index (κ2) is 7.76. The number of fused-ring (bicyclic) bond motifs is 1. The van der Waals surface area contributed by atoms with Gasteiger partial charge in [-0.2, -0.15) is 0 Å². The van der Waals surface area contributed by atoms with Gasteiger partial charge in [-0.25, -0.2) is 14.8 Å². The first-order chi connectivity index (χ1) is 12.5. The molecule has 0 spiro atoms. The molecule has 3 rings (SSSR count). The van der Waals surface area contributed by atoms with Crippen molar-refractivity contribution >= 4 is 16.9 Å². The third-order valence-corrected chi connectivity index (χ3v) is 4.75. The molecule has 0 radical (unpaired) electrons. The van der Waals surface area contributed by atoms with E-state index in [1.165, 1.54) is 0 Å². The van der Waals surface area contributed by atoms with E-state index >= 15 is 0 Å². The molecule has 0 aliphatic carbocycles. The van der Waals surface area contributed by atoms with Crippen LogP contribution in [0.5, 0.6) is 11.5 Å². The fourth-order valence-electron chi connectivity index (χ4n) is 3.42. The van der Waals surface area contributed by atoms with Gasteiger partial charge in [-0.15, -0.1) is 0 Å². The zero-order valence-electron chi connectivity index (χ0n) is 15.8. The summed E-state index contributed by atoms with van der Waals surface area (Å²) in [4.78, 5) is 23.0. The van der Waals surface area contributed by atoms with Crippen LogP contribution in [0.15, 0.2) is 18.5 Å². The Labute approximate surface area is 153 Å². The smallest absolute Gasteiger partial charge is 0.317 e. The Kier molecular flexibility index (Phi) is 5.44. The number of carbonyl (C=O) groups is 1. The van der Waals surface area contributed by atoms with E-state index < -0.39 is 0 Å². The molecule has 7 heteroatoms. The number of nitrogens with one attached hydrogen (secondary N) is 1. The fourth-order valence-corrected chi connectivity index (χ4v) is 3.42. The Morgan fingerprint density at radius 2 is 1.81 bits per heavy atom. The van der Waals surface area contributed by atoms with E-state index in [0.717, 1.165) is 42.5 Å². The van der Waals surface area contributed by atoms with Crippen molar-refractivity contribution in [2.75, 3.05) is 27.3 Å². The first-order valence-corrected chi connectivity index (χ1v) is 8.95. The van der Waals surface area contributed by atoms with Crippen LogP contribution in [0.1, 0.15) is 38.3 Å². The minimum absolute atomic E-state index is 0.0115. The lowest BCUT2D eigenvalue weighted by Crippen LogP contribution is -2.46. The summed E-state index contributed by atoms with van der Waals surface area (Å²) < 4.78 is 10.8. The lowest BCUT2D eigenvalue weighted by atomic mass is 9.91. The number of rotatable bonds is 4. The van der Waals surface area contributed by atoms with Gasteiger partial charge >= 0.3 is 6.03 Å². The van der Waals surface area contributed by atoms with Gasteiger partial charge in [-0.3, -0.25) is 0 Å². The van der Waals surface area contributed by atoms with Gasteiger partial charge in [0.05, 0.1) is 25.4 Å². The van der Waals surface area contributed by atoms with Crippen molar-refractivity contribution in [3.8, 4) is 11.5 Å². The van der Waals surface area contributed by atoms with Gasteiger partial charge < -0.3 is 19.7 Å². The van der Waals surface area contributed by atoms with E-state index in [4.69, 9.17) is 9.47 Å². The number of methoxy groups -OCH3 is 2. The average Bonchev–Trinajstić information content (AvgIpc) is 2.65. The molecular formula is C19H26N4O3. The monoisotopic (exact) mass is 358 g/mol. The number of aromatic nitrogens is 2. The number of ether oxygens (including phenoxy) is 2. The van der Waals surface area contributed by atoms with Gasteiger partial charge in [0.1, 0.15) is 6.33 Å². The van der Waals surface area contributed by atoms with Crippen molar-refractivity contribution in [2.45, 2.75) is 38.6 Å². The zero-order chi connectivity index (χ0) is 18.7. The molecule has 26 heavy (non-hydrogen) atoms. The Balaban J connectivity index is 1.82. The fraction of sp³-hybridized carbons (Fsp3) is 0.526. The van der Waals surface area contributed by atoms with Crippen LogP contribution in [0.3, 0.4) is 0 Å². The van der Waals surface area contributed by atoms with E-state index in [1.807, 2.05) is 30.9 Å². The predicted octanol–water partition coefficient (Wildman–Crippen LogP) is 2.94. The summed E-state index contributed by atoms with van der Waals surface area (Å²) in [5, 5.41) is 3.94. The number of piperidine rings is 1. The molecule has 2 amide bonds. The second-order valence-electron chi connectivity index (χ2n) is 6.85. The van der Waals surface area contributed by atoms with Crippen molar-refractivity contribution in [3.05, 3.63) is 24.2 Å². The summed E-state index contributed by atoms with van der Waals surface area (Å²) in [6.07, 6.45) is 3.36. The molecule has 1 aliphatic rings. The molecule has 7 nitrogen and oxygen atoms in total.